The van der Waals surface area contributed by atoms with E-state index in [1.165, 1.54) is 0 Å². The minimum absolute atomic E-state index is 0.218. The first-order chi connectivity index (χ1) is 12.2. The highest BCUT2D eigenvalue weighted by Gasteiger charge is 2.17. The van der Waals surface area contributed by atoms with Gasteiger partial charge in [0.05, 0.1) is 21.7 Å². The van der Waals surface area contributed by atoms with E-state index in [0.717, 1.165) is 0 Å². The minimum Gasteiger partial charge on any atom is -0.351 e. The monoisotopic (exact) mass is 355 g/mol. The standard InChI is InChI=1S/C18H18ClN5O/c19-12-6-1-2-7-13(12)23-17-16(18(25)21-11-5-10-20)22-14-8-3-4-9-15(14)24-17/h1-4,6-9H,5,10-11,20H2,(H,21,25)(H,23,24). The molecule has 3 rings (SSSR count). The third-order valence-corrected chi connectivity index (χ3v) is 3.91. The van der Waals surface area contributed by atoms with Crippen molar-refractivity contribution in [1.82, 2.24) is 15.3 Å². The van der Waals surface area contributed by atoms with Crippen molar-refractivity contribution >= 4 is 40.0 Å². The van der Waals surface area contributed by atoms with Gasteiger partial charge in [0, 0.05) is 6.54 Å². The summed E-state index contributed by atoms with van der Waals surface area (Å²) in [5, 5.41) is 6.46. The normalized spacial score (nSPS) is 10.6. The first-order valence-electron chi connectivity index (χ1n) is 7.95. The van der Waals surface area contributed by atoms with Gasteiger partial charge in [-0.25, -0.2) is 9.97 Å². The van der Waals surface area contributed by atoms with Gasteiger partial charge in [-0.3, -0.25) is 4.79 Å². The summed E-state index contributed by atoms with van der Waals surface area (Å²) in [6.07, 6.45) is 0.694. The zero-order chi connectivity index (χ0) is 17.6. The van der Waals surface area contributed by atoms with Crippen molar-refractivity contribution in [2.45, 2.75) is 6.42 Å². The molecule has 0 radical (unpaired) electrons. The SMILES string of the molecule is NCCCNC(=O)c1nc2ccccc2nc1Nc1ccccc1Cl. The van der Waals surface area contributed by atoms with Gasteiger partial charge in [-0.1, -0.05) is 35.9 Å². The highest BCUT2D eigenvalue weighted by Crippen LogP contribution is 2.26. The lowest BCUT2D eigenvalue weighted by atomic mass is 10.2. The van der Waals surface area contributed by atoms with E-state index in [0.29, 0.717) is 47.1 Å². The van der Waals surface area contributed by atoms with Crippen molar-refractivity contribution in [2.24, 2.45) is 5.73 Å². The van der Waals surface area contributed by atoms with Crippen LogP contribution in [0.4, 0.5) is 11.5 Å². The Bertz CT molecular complexity index is 900. The summed E-state index contributed by atoms with van der Waals surface area (Å²) < 4.78 is 0. The second kappa shape index (κ2) is 7.92. The molecule has 4 N–H and O–H groups in total. The van der Waals surface area contributed by atoms with E-state index in [2.05, 4.69) is 20.6 Å². The number of anilines is 2. The van der Waals surface area contributed by atoms with Crippen molar-refractivity contribution in [3.8, 4) is 0 Å². The van der Waals surface area contributed by atoms with Crippen LogP contribution in [0, 0.1) is 0 Å². The highest BCUT2D eigenvalue weighted by molar-refractivity contribution is 6.33. The van der Waals surface area contributed by atoms with E-state index in [1.807, 2.05) is 42.5 Å². The van der Waals surface area contributed by atoms with Crippen LogP contribution in [0.25, 0.3) is 11.0 Å². The second-order valence-electron chi connectivity index (χ2n) is 5.41. The Kier molecular flexibility index (Phi) is 5.42. The number of para-hydroxylation sites is 3. The number of nitrogens with two attached hydrogens (primary N) is 1. The van der Waals surface area contributed by atoms with Gasteiger partial charge in [0.2, 0.25) is 0 Å². The van der Waals surface area contributed by atoms with Crippen LogP contribution in [0.5, 0.6) is 0 Å². The molecule has 0 saturated heterocycles. The smallest absolute Gasteiger partial charge is 0.273 e. The van der Waals surface area contributed by atoms with Crippen molar-refractivity contribution in [3.05, 3.63) is 59.2 Å². The summed E-state index contributed by atoms with van der Waals surface area (Å²) in [7, 11) is 0. The number of amides is 1. The second-order valence-corrected chi connectivity index (χ2v) is 5.82. The average molecular weight is 356 g/mol. The fourth-order valence-electron chi connectivity index (χ4n) is 2.32. The molecule has 0 aliphatic rings. The fraction of sp³-hybridized carbons (Fsp3) is 0.167. The van der Waals surface area contributed by atoms with Crippen LogP contribution in [-0.2, 0) is 0 Å². The molecule has 0 bridgehead atoms. The minimum atomic E-state index is -0.304. The largest absolute Gasteiger partial charge is 0.351 e. The maximum atomic E-state index is 12.5. The first-order valence-corrected chi connectivity index (χ1v) is 8.33. The summed E-state index contributed by atoms with van der Waals surface area (Å²) in [5.41, 5.74) is 7.69. The van der Waals surface area contributed by atoms with Crippen LogP contribution in [0.2, 0.25) is 5.02 Å². The van der Waals surface area contributed by atoms with Gasteiger partial charge in [0.25, 0.3) is 5.91 Å². The Morgan fingerprint density at radius 1 is 1.04 bits per heavy atom. The topological polar surface area (TPSA) is 92.9 Å². The molecule has 3 aromatic rings. The molecule has 0 saturated carbocycles. The molecule has 0 spiro atoms. The third kappa shape index (κ3) is 4.04. The van der Waals surface area contributed by atoms with Crippen molar-refractivity contribution in [1.29, 1.82) is 0 Å². The number of carbonyl (C=O) groups excluding carboxylic acids is 1. The van der Waals surface area contributed by atoms with Gasteiger partial charge >= 0.3 is 0 Å². The summed E-state index contributed by atoms with van der Waals surface area (Å²) in [6, 6.07) is 14.7. The quantitative estimate of drug-likeness (QED) is 0.591. The predicted molar refractivity (Wildman–Crippen MR) is 100 cm³/mol. The molecule has 1 amide bonds. The molecule has 0 aliphatic carbocycles. The molecule has 0 fully saturated rings. The number of carbonyl (C=O) groups is 1. The number of fused-ring (bicyclic) bond motifs is 1. The molecule has 6 nitrogen and oxygen atoms in total. The molecule has 128 valence electrons. The molecule has 7 heteroatoms. The maximum Gasteiger partial charge on any atom is 0.273 e. The Labute approximate surface area is 150 Å². The van der Waals surface area contributed by atoms with Gasteiger partial charge in [-0.2, -0.15) is 0 Å². The molecule has 1 heterocycles. The number of rotatable bonds is 6. The molecule has 0 aliphatic heterocycles. The van der Waals surface area contributed by atoms with E-state index in [-0.39, 0.29) is 11.6 Å². The molecule has 25 heavy (non-hydrogen) atoms. The fourth-order valence-corrected chi connectivity index (χ4v) is 2.51. The van der Waals surface area contributed by atoms with Crippen LogP contribution < -0.4 is 16.4 Å². The van der Waals surface area contributed by atoms with E-state index in [1.54, 1.807) is 6.07 Å². The Morgan fingerprint density at radius 2 is 1.72 bits per heavy atom. The lowest BCUT2D eigenvalue weighted by Gasteiger charge is -2.13. The van der Waals surface area contributed by atoms with Crippen molar-refractivity contribution in [3.63, 3.8) is 0 Å². The lowest BCUT2D eigenvalue weighted by molar-refractivity contribution is 0.0949. The molecular weight excluding hydrogens is 338 g/mol. The molecular formula is C18H18ClN5O. The number of aromatic nitrogens is 2. The van der Waals surface area contributed by atoms with Gasteiger partial charge in [-0.15, -0.1) is 0 Å². The van der Waals surface area contributed by atoms with E-state index >= 15 is 0 Å². The van der Waals surface area contributed by atoms with Crippen molar-refractivity contribution in [2.75, 3.05) is 18.4 Å². The number of nitrogens with zero attached hydrogens (tertiary/aromatic N) is 2. The Balaban J connectivity index is 2.00. The van der Waals surface area contributed by atoms with Gasteiger partial charge < -0.3 is 16.4 Å². The van der Waals surface area contributed by atoms with Gasteiger partial charge in [-0.05, 0) is 37.2 Å². The number of nitrogens with one attached hydrogen (secondary N) is 2. The first kappa shape index (κ1) is 17.1. The highest BCUT2D eigenvalue weighted by atomic mass is 35.5. The van der Waals surface area contributed by atoms with Crippen LogP contribution in [0.1, 0.15) is 16.9 Å². The third-order valence-electron chi connectivity index (χ3n) is 3.58. The summed E-state index contributed by atoms with van der Waals surface area (Å²) >= 11 is 6.20. The average Bonchev–Trinajstić information content (AvgIpc) is 2.63. The van der Waals surface area contributed by atoms with Crippen LogP contribution in [-0.4, -0.2) is 29.0 Å². The van der Waals surface area contributed by atoms with Crippen LogP contribution in [0.3, 0.4) is 0 Å². The van der Waals surface area contributed by atoms with Crippen LogP contribution in [0.15, 0.2) is 48.5 Å². The predicted octanol–water partition coefficient (Wildman–Crippen LogP) is 3.11. The van der Waals surface area contributed by atoms with Gasteiger partial charge in [0.1, 0.15) is 0 Å². The molecule has 2 aromatic carbocycles. The lowest BCUT2D eigenvalue weighted by Crippen LogP contribution is -2.28. The van der Waals surface area contributed by atoms with E-state index < -0.39 is 0 Å². The van der Waals surface area contributed by atoms with Crippen LogP contribution >= 0.6 is 11.6 Å². The summed E-state index contributed by atoms with van der Waals surface area (Å²) in [4.78, 5) is 21.5. The number of benzene rings is 2. The Hall–Kier alpha value is -2.70. The van der Waals surface area contributed by atoms with Gasteiger partial charge in [0.15, 0.2) is 11.5 Å². The van der Waals surface area contributed by atoms with Crippen molar-refractivity contribution < 1.29 is 4.79 Å². The van der Waals surface area contributed by atoms with E-state index in [4.69, 9.17) is 17.3 Å². The number of hydrogen-bond donors (Lipinski definition) is 3. The zero-order valence-corrected chi connectivity index (χ0v) is 14.3. The Morgan fingerprint density at radius 3 is 2.44 bits per heavy atom. The zero-order valence-electron chi connectivity index (χ0n) is 13.5. The molecule has 0 atom stereocenters. The molecule has 1 aromatic heterocycles. The summed E-state index contributed by atoms with van der Waals surface area (Å²) in [5.74, 6) is 0.0540. The molecule has 0 unspecified atom stereocenters. The number of halogens is 1. The van der Waals surface area contributed by atoms with E-state index in [9.17, 15) is 4.79 Å². The number of hydrogen-bond acceptors (Lipinski definition) is 5. The maximum absolute atomic E-state index is 12.5. The summed E-state index contributed by atoms with van der Waals surface area (Å²) in [6.45, 7) is 0.990.